The first-order valence-electron chi connectivity index (χ1n) is 8.34. The number of hydrogen-bond donors (Lipinski definition) is 0. The molecule has 4 rings (SSSR count). The molecule has 0 radical (unpaired) electrons. The van der Waals surface area contributed by atoms with Crippen LogP contribution < -0.4 is 9.47 Å². The van der Waals surface area contributed by atoms with Crippen molar-refractivity contribution in [2.75, 3.05) is 14.2 Å². The molecule has 0 N–H and O–H groups in total. The minimum absolute atomic E-state index is 0.820. The summed E-state index contributed by atoms with van der Waals surface area (Å²) in [7, 11) is 3.32. The summed E-state index contributed by atoms with van der Waals surface area (Å²) in [5.74, 6) is 1.64. The van der Waals surface area contributed by atoms with Crippen molar-refractivity contribution >= 4 is 10.8 Å². The van der Waals surface area contributed by atoms with Crippen LogP contribution in [0.25, 0.3) is 33.3 Å². The molecule has 0 amide bonds. The monoisotopic (exact) mass is 342 g/mol. The fraction of sp³-hybridized carbons (Fsp3) is 0.0909. The lowest BCUT2D eigenvalue weighted by Gasteiger charge is -2.10. The van der Waals surface area contributed by atoms with Crippen molar-refractivity contribution in [3.8, 4) is 34.0 Å². The first kappa shape index (κ1) is 16.1. The van der Waals surface area contributed by atoms with Crippen LogP contribution in [0, 0.1) is 0 Å². The summed E-state index contributed by atoms with van der Waals surface area (Å²) in [6.45, 7) is 0. The van der Waals surface area contributed by atoms with E-state index >= 15 is 0 Å². The third-order valence-electron chi connectivity index (χ3n) is 4.41. The minimum Gasteiger partial charge on any atom is -0.497 e. The number of benzene rings is 3. The smallest absolute Gasteiger partial charge is 0.118 e. The standard InChI is InChI=1S/C22H18N2O2/c1-25-17-11-7-15(8-12-17)21-19-5-3-4-6-20(19)22(24-23-21)16-9-13-18(26-2)14-10-16/h3-14H,1-2H3. The molecule has 3 aromatic carbocycles. The molecular weight excluding hydrogens is 324 g/mol. The second-order valence-corrected chi connectivity index (χ2v) is 5.90. The number of rotatable bonds is 4. The molecule has 0 atom stereocenters. The van der Waals surface area contributed by atoms with Gasteiger partial charge in [-0.25, -0.2) is 0 Å². The molecule has 0 spiro atoms. The highest BCUT2D eigenvalue weighted by Crippen LogP contribution is 2.33. The van der Waals surface area contributed by atoms with E-state index in [0.717, 1.165) is 44.8 Å². The molecule has 26 heavy (non-hydrogen) atoms. The molecular formula is C22H18N2O2. The Hall–Kier alpha value is -3.40. The van der Waals surface area contributed by atoms with Gasteiger partial charge in [-0.1, -0.05) is 24.3 Å². The molecule has 0 aliphatic heterocycles. The van der Waals surface area contributed by atoms with Crippen LogP contribution in [0.3, 0.4) is 0 Å². The largest absolute Gasteiger partial charge is 0.497 e. The van der Waals surface area contributed by atoms with E-state index in [9.17, 15) is 0 Å². The number of methoxy groups -OCH3 is 2. The molecule has 4 aromatic rings. The molecule has 4 nitrogen and oxygen atoms in total. The maximum atomic E-state index is 5.24. The Kier molecular flexibility index (Phi) is 4.23. The lowest BCUT2D eigenvalue weighted by molar-refractivity contribution is 0.414. The Morgan fingerprint density at radius 2 is 0.923 bits per heavy atom. The van der Waals surface area contributed by atoms with E-state index in [1.165, 1.54) is 0 Å². The molecule has 128 valence electrons. The van der Waals surface area contributed by atoms with Crippen LogP contribution in [-0.4, -0.2) is 24.4 Å². The molecule has 0 saturated heterocycles. The molecule has 1 heterocycles. The average molecular weight is 342 g/mol. The normalized spacial score (nSPS) is 10.7. The van der Waals surface area contributed by atoms with Crippen LogP contribution in [0.5, 0.6) is 11.5 Å². The second-order valence-electron chi connectivity index (χ2n) is 5.90. The third-order valence-corrected chi connectivity index (χ3v) is 4.41. The minimum atomic E-state index is 0.820. The van der Waals surface area contributed by atoms with Crippen molar-refractivity contribution in [1.82, 2.24) is 10.2 Å². The summed E-state index contributed by atoms with van der Waals surface area (Å²) in [6.07, 6.45) is 0. The fourth-order valence-electron chi connectivity index (χ4n) is 3.03. The van der Waals surface area contributed by atoms with Gasteiger partial charge in [-0.15, -0.1) is 10.2 Å². The molecule has 4 heteroatoms. The molecule has 0 aliphatic rings. The van der Waals surface area contributed by atoms with Gasteiger partial charge in [0.05, 0.1) is 14.2 Å². The van der Waals surface area contributed by atoms with Gasteiger partial charge in [0.25, 0.3) is 0 Å². The zero-order chi connectivity index (χ0) is 17.9. The van der Waals surface area contributed by atoms with Gasteiger partial charge in [-0.05, 0) is 48.5 Å². The van der Waals surface area contributed by atoms with Gasteiger partial charge in [-0.3, -0.25) is 0 Å². The van der Waals surface area contributed by atoms with E-state index in [-0.39, 0.29) is 0 Å². The number of nitrogens with zero attached hydrogens (tertiary/aromatic N) is 2. The van der Waals surface area contributed by atoms with E-state index in [4.69, 9.17) is 9.47 Å². The molecule has 0 bridgehead atoms. The zero-order valence-electron chi connectivity index (χ0n) is 14.6. The summed E-state index contributed by atoms with van der Waals surface area (Å²) < 4.78 is 10.5. The summed E-state index contributed by atoms with van der Waals surface area (Å²) in [5.41, 5.74) is 3.74. The van der Waals surface area contributed by atoms with Crippen molar-refractivity contribution in [3.63, 3.8) is 0 Å². The quantitative estimate of drug-likeness (QED) is 0.524. The highest BCUT2D eigenvalue weighted by Gasteiger charge is 2.12. The highest BCUT2D eigenvalue weighted by molar-refractivity contribution is 6.01. The van der Waals surface area contributed by atoms with Gasteiger partial charge in [-0.2, -0.15) is 0 Å². The Balaban J connectivity index is 1.87. The molecule has 0 fully saturated rings. The van der Waals surface area contributed by atoms with E-state index in [2.05, 4.69) is 22.3 Å². The van der Waals surface area contributed by atoms with Gasteiger partial charge in [0.1, 0.15) is 22.9 Å². The van der Waals surface area contributed by atoms with Crippen molar-refractivity contribution < 1.29 is 9.47 Å². The van der Waals surface area contributed by atoms with Crippen molar-refractivity contribution in [3.05, 3.63) is 72.8 Å². The highest BCUT2D eigenvalue weighted by atomic mass is 16.5. The summed E-state index contributed by atoms with van der Waals surface area (Å²) in [6, 6.07) is 23.9. The van der Waals surface area contributed by atoms with Crippen LogP contribution in [-0.2, 0) is 0 Å². The Labute approximate surface area is 152 Å². The van der Waals surface area contributed by atoms with E-state index in [0.29, 0.717) is 0 Å². The van der Waals surface area contributed by atoms with Crippen molar-refractivity contribution in [1.29, 1.82) is 0 Å². The van der Waals surface area contributed by atoms with E-state index in [1.54, 1.807) is 14.2 Å². The van der Waals surface area contributed by atoms with E-state index in [1.807, 2.05) is 60.7 Å². The van der Waals surface area contributed by atoms with Gasteiger partial charge in [0.2, 0.25) is 0 Å². The van der Waals surface area contributed by atoms with Crippen LogP contribution in [0.2, 0.25) is 0 Å². The first-order valence-corrected chi connectivity index (χ1v) is 8.34. The van der Waals surface area contributed by atoms with Crippen LogP contribution >= 0.6 is 0 Å². The zero-order valence-corrected chi connectivity index (χ0v) is 14.6. The van der Waals surface area contributed by atoms with Gasteiger partial charge >= 0.3 is 0 Å². The second kappa shape index (κ2) is 6.84. The molecule has 0 saturated carbocycles. The number of hydrogen-bond acceptors (Lipinski definition) is 4. The van der Waals surface area contributed by atoms with E-state index < -0.39 is 0 Å². The fourth-order valence-corrected chi connectivity index (χ4v) is 3.03. The summed E-state index contributed by atoms with van der Waals surface area (Å²) in [4.78, 5) is 0. The number of ether oxygens (including phenoxy) is 2. The Bertz CT molecular complexity index is 956. The van der Waals surface area contributed by atoms with Crippen LogP contribution in [0.4, 0.5) is 0 Å². The average Bonchev–Trinajstić information content (AvgIpc) is 2.73. The van der Waals surface area contributed by atoms with Gasteiger partial charge < -0.3 is 9.47 Å². The van der Waals surface area contributed by atoms with Crippen molar-refractivity contribution in [2.45, 2.75) is 0 Å². The third kappa shape index (κ3) is 2.86. The Morgan fingerprint density at radius 1 is 0.538 bits per heavy atom. The lowest BCUT2D eigenvalue weighted by Crippen LogP contribution is -1.95. The predicted molar refractivity (Wildman–Crippen MR) is 104 cm³/mol. The van der Waals surface area contributed by atoms with Crippen molar-refractivity contribution in [2.24, 2.45) is 0 Å². The number of aromatic nitrogens is 2. The summed E-state index contributed by atoms with van der Waals surface area (Å²) in [5, 5.41) is 11.2. The van der Waals surface area contributed by atoms with Gasteiger partial charge in [0, 0.05) is 21.9 Å². The number of fused-ring (bicyclic) bond motifs is 1. The SMILES string of the molecule is COc1ccc(-c2nnc(-c3ccc(OC)cc3)c3ccccc23)cc1. The molecule has 1 aromatic heterocycles. The molecule has 0 unspecified atom stereocenters. The van der Waals surface area contributed by atoms with Crippen LogP contribution in [0.1, 0.15) is 0 Å². The summed E-state index contributed by atoms with van der Waals surface area (Å²) >= 11 is 0. The van der Waals surface area contributed by atoms with Gasteiger partial charge in [0.15, 0.2) is 0 Å². The maximum Gasteiger partial charge on any atom is 0.118 e. The topological polar surface area (TPSA) is 44.2 Å². The molecule has 0 aliphatic carbocycles. The lowest BCUT2D eigenvalue weighted by atomic mass is 10.0. The predicted octanol–water partition coefficient (Wildman–Crippen LogP) is 4.98. The Morgan fingerprint density at radius 3 is 1.27 bits per heavy atom. The van der Waals surface area contributed by atoms with Crippen LogP contribution in [0.15, 0.2) is 72.8 Å². The first-order chi connectivity index (χ1) is 12.8. The maximum absolute atomic E-state index is 5.24.